The standard InChI is InChI=1S/C11H18N4O3S/c1-14(2)4-5-15(8-10(17)18)7-9(16)13-11-12-3-6-19-11/h3,6H,4-5,7-8H2,1-2H3,(H,17,18)(H,12,13,16). The SMILES string of the molecule is CN(C)CCN(CC(=O)O)CC(=O)Nc1nccs1. The van der Waals surface area contributed by atoms with E-state index < -0.39 is 5.97 Å². The summed E-state index contributed by atoms with van der Waals surface area (Å²) in [6.07, 6.45) is 1.60. The number of aliphatic carboxylic acids is 1. The Kier molecular flexibility index (Phi) is 6.40. The van der Waals surface area contributed by atoms with Crippen LogP contribution in [0.15, 0.2) is 11.6 Å². The first-order valence-corrected chi connectivity index (χ1v) is 6.63. The van der Waals surface area contributed by atoms with E-state index in [1.54, 1.807) is 16.5 Å². The Hall–Kier alpha value is -1.51. The average molecular weight is 286 g/mol. The zero-order valence-electron chi connectivity index (χ0n) is 11.0. The number of amides is 1. The van der Waals surface area contributed by atoms with Gasteiger partial charge in [0.05, 0.1) is 13.1 Å². The van der Waals surface area contributed by atoms with Gasteiger partial charge in [0.25, 0.3) is 0 Å². The van der Waals surface area contributed by atoms with Crippen molar-refractivity contribution in [2.45, 2.75) is 0 Å². The number of anilines is 1. The first kappa shape index (κ1) is 15.5. The van der Waals surface area contributed by atoms with Crippen molar-refractivity contribution < 1.29 is 14.7 Å². The number of carbonyl (C=O) groups is 2. The molecule has 0 aliphatic carbocycles. The van der Waals surface area contributed by atoms with Gasteiger partial charge in [-0.1, -0.05) is 0 Å². The highest BCUT2D eigenvalue weighted by Crippen LogP contribution is 2.09. The summed E-state index contributed by atoms with van der Waals surface area (Å²) >= 11 is 1.32. The molecule has 0 aliphatic rings. The van der Waals surface area contributed by atoms with E-state index in [9.17, 15) is 9.59 Å². The van der Waals surface area contributed by atoms with Gasteiger partial charge in [-0.2, -0.15) is 0 Å². The van der Waals surface area contributed by atoms with E-state index in [4.69, 9.17) is 5.11 Å². The second-order valence-corrected chi connectivity index (χ2v) is 5.19. The number of nitrogens with zero attached hydrogens (tertiary/aromatic N) is 3. The zero-order chi connectivity index (χ0) is 14.3. The summed E-state index contributed by atoms with van der Waals surface area (Å²) in [6.45, 7) is 1.10. The fourth-order valence-corrected chi connectivity index (χ4v) is 1.94. The second-order valence-electron chi connectivity index (χ2n) is 4.29. The quantitative estimate of drug-likeness (QED) is 0.701. The molecule has 1 amide bonds. The van der Waals surface area contributed by atoms with Crippen molar-refractivity contribution in [3.05, 3.63) is 11.6 Å². The third-order valence-corrected chi connectivity index (χ3v) is 2.96. The Morgan fingerprint density at radius 3 is 2.63 bits per heavy atom. The van der Waals surface area contributed by atoms with E-state index in [0.29, 0.717) is 18.2 Å². The molecular formula is C11H18N4O3S. The van der Waals surface area contributed by atoms with Gasteiger partial charge in [0.1, 0.15) is 0 Å². The van der Waals surface area contributed by atoms with Crippen molar-refractivity contribution in [3.8, 4) is 0 Å². The second kappa shape index (κ2) is 7.82. The van der Waals surface area contributed by atoms with Gasteiger partial charge in [0.2, 0.25) is 5.91 Å². The highest BCUT2D eigenvalue weighted by atomic mass is 32.1. The van der Waals surface area contributed by atoms with Crippen LogP contribution in [0.4, 0.5) is 5.13 Å². The first-order chi connectivity index (χ1) is 8.97. The Labute approximate surface area is 115 Å². The number of thiazole rings is 1. The van der Waals surface area contributed by atoms with Gasteiger partial charge in [0.15, 0.2) is 5.13 Å². The minimum Gasteiger partial charge on any atom is -0.480 e. The number of carbonyl (C=O) groups excluding carboxylic acids is 1. The van der Waals surface area contributed by atoms with Crippen LogP contribution < -0.4 is 5.32 Å². The molecule has 7 nitrogen and oxygen atoms in total. The first-order valence-electron chi connectivity index (χ1n) is 5.75. The van der Waals surface area contributed by atoms with E-state index >= 15 is 0 Å². The molecule has 1 aromatic rings. The summed E-state index contributed by atoms with van der Waals surface area (Å²) in [5.74, 6) is -1.20. The van der Waals surface area contributed by atoms with Crippen molar-refractivity contribution in [1.29, 1.82) is 0 Å². The van der Waals surface area contributed by atoms with E-state index in [1.165, 1.54) is 11.3 Å². The van der Waals surface area contributed by atoms with E-state index in [0.717, 1.165) is 0 Å². The molecule has 0 saturated carbocycles. The normalized spacial score (nSPS) is 10.9. The molecule has 106 valence electrons. The third kappa shape index (κ3) is 6.85. The van der Waals surface area contributed by atoms with Gasteiger partial charge >= 0.3 is 5.97 Å². The Morgan fingerprint density at radius 2 is 2.11 bits per heavy atom. The minimum atomic E-state index is -0.944. The molecule has 2 N–H and O–H groups in total. The largest absolute Gasteiger partial charge is 0.480 e. The highest BCUT2D eigenvalue weighted by molar-refractivity contribution is 7.13. The lowest BCUT2D eigenvalue weighted by molar-refractivity contribution is -0.138. The molecule has 0 atom stereocenters. The van der Waals surface area contributed by atoms with Crippen LogP contribution in [0.2, 0.25) is 0 Å². The van der Waals surface area contributed by atoms with Crippen LogP contribution >= 0.6 is 11.3 Å². The molecular weight excluding hydrogens is 268 g/mol. The molecule has 0 spiro atoms. The number of likely N-dealkylation sites (N-methyl/N-ethyl adjacent to an activating group) is 1. The van der Waals surface area contributed by atoms with Gasteiger partial charge in [-0.3, -0.25) is 14.5 Å². The number of aromatic nitrogens is 1. The maximum atomic E-state index is 11.8. The number of carboxylic acids is 1. The molecule has 0 aliphatic heterocycles. The van der Waals surface area contributed by atoms with Crippen LogP contribution in [0.3, 0.4) is 0 Å². The van der Waals surface area contributed by atoms with Gasteiger partial charge in [0, 0.05) is 24.7 Å². The van der Waals surface area contributed by atoms with Crippen molar-refractivity contribution in [3.63, 3.8) is 0 Å². The number of hydrogen-bond acceptors (Lipinski definition) is 6. The van der Waals surface area contributed by atoms with Crippen molar-refractivity contribution >= 4 is 28.3 Å². The number of carboxylic acid groups (broad SMARTS) is 1. The van der Waals surface area contributed by atoms with Crippen molar-refractivity contribution in [2.24, 2.45) is 0 Å². The minimum absolute atomic E-state index is 0.0414. The smallest absolute Gasteiger partial charge is 0.317 e. The van der Waals surface area contributed by atoms with Crippen LogP contribution in [0.25, 0.3) is 0 Å². The summed E-state index contributed by atoms with van der Waals surface area (Å²) in [7, 11) is 3.79. The average Bonchev–Trinajstić information content (AvgIpc) is 2.77. The molecule has 0 radical (unpaired) electrons. The summed E-state index contributed by atoms with van der Waals surface area (Å²) in [5, 5.41) is 13.7. The molecule has 1 rings (SSSR count). The molecule has 1 aromatic heterocycles. The molecule has 0 fully saturated rings. The van der Waals surface area contributed by atoms with E-state index in [2.05, 4.69) is 10.3 Å². The topological polar surface area (TPSA) is 85.8 Å². The Morgan fingerprint density at radius 1 is 1.37 bits per heavy atom. The fraction of sp³-hybridized carbons (Fsp3) is 0.545. The van der Waals surface area contributed by atoms with Gasteiger partial charge in [-0.25, -0.2) is 4.98 Å². The van der Waals surface area contributed by atoms with E-state index in [-0.39, 0.29) is 19.0 Å². The predicted octanol–water partition coefficient (Wildman–Crippen LogP) is 0.0298. The van der Waals surface area contributed by atoms with Crippen molar-refractivity contribution in [1.82, 2.24) is 14.8 Å². The molecule has 19 heavy (non-hydrogen) atoms. The molecule has 0 saturated heterocycles. The van der Waals surface area contributed by atoms with E-state index in [1.807, 2.05) is 19.0 Å². The van der Waals surface area contributed by atoms with Gasteiger partial charge in [-0.05, 0) is 14.1 Å². The van der Waals surface area contributed by atoms with Crippen LogP contribution in [0, 0.1) is 0 Å². The number of nitrogens with one attached hydrogen (secondary N) is 1. The lowest BCUT2D eigenvalue weighted by Crippen LogP contribution is -2.40. The van der Waals surface area contributed by atoms with Crippen molar-refractivity contribution in [2.75, 3.05) is 45.6 Å². The maximum absolute atomic E-state index is 11.8. The number of rotatable bonds is 8. The summed E-state index contributed by atoms with van der Waals surface area (Å²) < 4.78 is 0. The number of hydrogen-bond donors (Lipinski definition) is 2. The van der Waals surface area contributed by atoms with Gasteiger partial charge in [-0.15, -0.1) is 11.3 Å². The molecule has 0 bridgehead atoms. The predicted molar refractivity (Wildman–Crippen MR) is 73.4 cm³/mol. The monoisotopic (exact) mass is 286 g/mol. The summed E-state index contributed by atoms with van der Waals surface area (Å²) in [5.41, 5.74) is 0. The zero-order valence-corrected chi connectivity index (χ0v) is 11.8. The molecule has 0 aromatic carbocycles. The molecule has 0 unspecified atom stereocenters. The van der Waals surface area contributed by atoms with Crippen LogP contribution in [-0.2, 0) is 9.59 Å². The Balaban J connectivity index is 2.45. The van der Waals surface area contributed by atoms with Crippen LogP contribution in [0.1, 0.15) is 0 Å². The molecule has 1 heterocycles. The maximum Gasteiger partial charge on any atom is 0.317 e. The lowest BCUT2D eigenvalue weighted by atomic mass is 10.4. The lowest BCUT2D eigenvalue weighted by Gasteiger charge is -2.21. The van der Waals surface area contributed by atoms with Crippen LogP contribution in [-0.4, -0.2) is 72.0 Å². The molecule has 8 heteroatoms. The summed E-state index contributed by atoms with van der Waals surface area (Å²) in [4.78, 5) is 30.0. The third-order valence-electron chi connectivity index (χ3n) is 2.27. The van der Waals surface area contributed by atoms with Crippen LogP contribution in [0.5, 0.6) is 0 Å². The van der Waals surface area contributed by atoms with Gasteiger partial charge < -0.3 is 15.3 Å². The Bertz CT molecular complexity index is 408. The fourth-order valence-electron chi connectivity index (χ4n) is 1.39. The highest BCUT2D eigenvalue weighted by Gasteiger charge is 2.14. The summed E-state index contributed by atoms with van der Waals surface area (Å²) in [6, 6.07) is 0.